The monoisotopic (exact) mass is 483 g/mol. The molecule has 0 bridgehead atoms. The molecule has 1 atom stereocenters. The van der Waals surface area contributed by atoms with Gasteiger partial charge in [-0.1, -0.05) is 61.5 Å². The maximum absolute atomic E-state index is 13.1. The van der Waals surface area contributed by atoms with E-state index in [-0.39, 0.29) is 23.8 Å². The predicted molar refractivity (Wildman–Crippen MR) is 132 cm³/mol. The number of hydrogen-bond donors (Lipinski definition) is 1. The topological polar surface area (TPSA) is 73.2 Å². The Morgan fingerprint density at radius 3 is 2.52 bits per heavy atom. The lowest BCUT2D eigenvalue weighted by atomic mass is 9.87. The summed E-state index contributed by atoms with van der Waals surface area (Å²) >= 11 is 7.40. The number of aromatic nitrogens is 2. The van der Waals surface area contributed by atoms with Crippen LogP contribution in [0.5, 0.6) is 5.75 Å². The summed E-state index contributed by atoms with van der Waals surface area (Å²) < 4.78 is 7.55. The summed E-state index contributed by atoms with van der Waals surface area (Å²) in [6.07, 6.45) is 0.202. The molecule has 6 nitrogen and oxygen atoms in total. The van der Waals surface area contributed by atoms with Crippen molar-refractivity contribution in [1.82, 2.24) is 9.55 Å². The normalized spacial score (nSPS) is 15.3. The lowest BCUT2D eigenvalue weighted by molar-refractivity contribution is -0.116. The number of ether oxygens (including phenoxy) is 1. The van der Waals surface area contributed by atoms with E-state index in [1.54, 1.807) is 4.57 Å². The number of fused-ring (bicyclic) bond motifs is 1. The molecule has 2 aromatic carbocycles. The fraction of sp³-hybridized carbons (Fsp3) is 0.320. The fourth-order valence-corrected chi connectivity index (χ4v) is 4.78. The van der Waals surface area contributed by atoms with Crippen molar-refractivity contribution in [1.29, 1.82) is 0 Å². The largest absolute Gasteiger partial charge is 0.493 e. The minimum Gasteiger partial charge on any atom is -0.493 e. The molecule has 1 aliphatic heterocycles. The van der Waals surface area contributed by atoms with Crippen LogP contribution in [0.3, 0.4) is 0 Å². The van der Waals surface area contributed by atoms with Crippen LogP contribution in [0.25, 0.3) is 0 Å². The molecule has 172 valence electrons. The number of thioether (sulfide) groups is 1. The van der Waals surface area contributed by atoms with Gasteiger partial charge in [0.05, 0.1) is 12.2 Å². The van der Waals surface area contributed by atoms with E-state index in [9.17, 15) is 9.59 Å². The second kappa shape index (κ2) is 10.0. The van der Waals surface area contributed by atoms with E-state index in [2.05, 4.69) is 24.1 Å². The molecule has 0 unspecified atom stereocenters. The molecule has 0 aliphatic carbocycles. The highest BCUT2D eigenvalue weighted by Crippen LogP contribution is 2.36. The molecule has 4 rings (SSSR count). The van der Waals surface area contributed by atoms with Crippen molar-refractivity contribution in [2.45, 2.75) is 37.1 Å². The average Bonchev–Trinajstić information content (AvgIpc) is 2.80. The first-order valence-corrected chi connectivity index (χ1v) is 12.2. The standard InChI is InChI=1S/C25H26ClN3O3S/c1-15(2)13-32-19-10-6-17(7-11-19)20-12-21(30)27-23-22(20)24(31)28-25(29(23)3)33-14-16-4-8-18(26)9-5-16/h4-11,15,20H,12-14H2,1-3H3,(H,27,30)/t20-/m0/s1. The van der Waals surface area contributed by atoms with Gasteiger partial charge in [-0.15, -0.1) is 0 Å². The third-order valence-corrected chi connectivity index (χ3v) is 6.80. The van der Waals surface area contributed by atoms with Gasteiger partial charge < -0.3 is 14.6 Å². The molecule has 33 heavy (non-hydrogen) atoms. The van der Waals surface area contributed by atoms with Gasteiger partial charge in [0.1, 0.15) is 11.6 Å². The summed E-state index contributed by atoms with van der Waals surface area (Å²) in [5, 5.41) is 4.11. The Morgan fingerprint density at radius 2 is 1.85 bits per heavy atom. The van der Waals surface area contributed by atoms with Gasteiger partial charge in [0.25, 0.3) is 5.56 Å². The van der Waals surface area contributed by atoms with Gasteiger partial charge in [-0.05, 0) is 41.3 Å². The van der Waals surface area contributed by atoms with E-state index in [4.69, 9.17) is 16.3 Å². The number of benzene rings is 2. The van der Waals surface area contributed by atoms with Crippen molar-refractivity contribution >= 4 is 35.1 Å². The third kappa shape index (κ3) is 5.42. The number of anilines is 1. The van der Waals surface area contributed by atoms with Crippen LogP contribution in [0.1, 0.15) is 42.9 Å². The quantitative estimate of drug-likeness (QED) is 0.367. The summed E-state index contributed by atoms with van der Waals surface area (Å²) in [6.45, 7) is 4.82. The molecule has 0 saturated heterocycles. The van der Waals surface area contributed by atoms with Crippen molar-refractivity contribution in [2.24, 2.45) is 13.0 Å². The Labute approximate surface area is 202 Å². The number of nitrogens with zero attached hydrogens (tertiary/aromatic N) is 2. The van der Waals surface area contributed by atoms with Crippen molar-refractivity contribution in [3.05, 3.63) is 80.6 Å². The molecule has 1 aromatic heterocycles. The number of carbonyl (C=O) groups is 1. The zero-order valence-electron chi connectivity index (χ0n) is 18.8. The van der Waals surface area contributed by atoms with Gasteiger partial charge in [0.2, 0.25) is 5.91 Å². The van der Waals surface area contributed by atoms with Crippen molar-refractivity contribution in [3.63, 3.8) is 0 Å². The SMILES string of the molecule is CC(C)COc1ccc([C@@H]2CC(=O)Nc3c2c(=O)nc(SCc2ccc(Cl)cc2)n3C)cc1. The van der Waals surface area contributed by atoms with Crippen molar-refractivity contribution in [2.75, 3.05) is 11.9 Å². The molecule has 1 amide bonds. The summed E-state index contributed by atoms with van der Waals surface area (Å²) in [5.41, 5.74) is 2.16. The van der Waals surface area contributed by atoms with Crippen LogP contribution in [-0.4, -0.2) is 22.1 Å². The molecule has 0 fully saturated rings. The maximum Gasteiger partial charge on any atom is 0.279 e. The second-order valence-corrected chi connectivity index (χ2v) is 9.89. The van der Waals surface area contributed by atoms with Crippen LogP contribution in [0.2, 0.25) is 5.02 Å². The maximum atomic E-state index is 13.1. The molecule has 3 aromatic rings. The smallest absolute Gasteiger partial charge is 0.279 e. The van der Waals surface area contributed by atoms with Crippen molar-refractivity contribution < 1.29 is 9.53 Å². The Balaban J connectivity index is 1.61. The van der Waals surface area contributed by atoms with Gasteiger partial charge in [-0.3, -0.25) is 9.59 Å². The Kier molecular flexibility index (Phi) is 7.10. The number of carbonyl (C=O) groups excluding carboxylic acids is 1. The van der Waals surface area contributed by atoms with E-state index in [0.717, 1.165) is 16.9 Å². The molecular formula is C25H26ClN3O3S. The number of nitrogens with one attached hydrogen (secondary N) is 1. The van der Waals surface area contributed by atoms with E-state index >= 15 is 0 Å². The molecule has 8 heteroatoms. The zero-order valence-corrected chi connectivity index (χ0v) is 20.4. The Hall–Kier alpha value is -2.77. The number of halogens is 1. The highest BCUT2D eigenvalue weighted by Gasteiger charge is 2.32. The van der Waals surface area contributed by atoms with E-state index in [0.29, 0.717) is 39.8 Å². The van der Waals surface area contributed by atoms with Gasteiger partial charge in [0, 0.05) is 30.2 Å². The minimum absolute atomic E-state index is 0.123. The van der Waals surface area contributed by atoms with E-state index in [1.165, 1.54) is 11.8 Å². The van der Waals surface area contributed by atoms with E-state index in [1.807, 2.05) is 55.6 Å². The third-order valence-electron chi connectivity index (χ3n) is 5.45. The molecule has 1 aliphatic rings. The average molecular weight is 484 g/mol. The summed E-state index contributed by atoms with van der Waals surface area (Å²) in [6, 6.07) is 15.2. The van der Waals surface area contributed by atoms with Gasteiger partial charge in [-0.25, -0.2) is 0 Å². The highest BCUT2D eigenvalue weighted by molar-refractivity contribution is 7.98. The Morgan fingerprint density at radius 1 is 1.15 bits per heavy atom. The van der Waals surface area contributed by atoms with Crippen LogP contribution in [-0.2, 0) is 17.6 Å². The minimum atomic E-state index is -0.352. The molecule has 2 heterocycles. The zero-order chi connectivity index (χ0) is 23.5. The predicted octanol–water partition coefficient (Wildman–Crippen LogP) is 5.23. The summed E-state index contributed by atoms with van der Waals surface area (Å²) in [4.78, 5) is 30.0. The van der Waals surface area contributed by atoms with Crippen LogP contribution in [0.4, 0.5) is 5.82 Å². The van der Waals surface area contributed by atoms with Crippen molar-refractivity contribution in [3.8, 4) is 5.75 Å². The number of hydrogen-bond acceptors (Lipinski definition) is 5. The fourth-order valence-electron chi connectivity index (χ4n) is 3.74. The second-order valence-electron chi connectivity index (χ2n) is 8.51. The molecule has 0 spiro atoms. The van der Waals surface area contributed by atoms with Gasteiger partial charge >= 0.3 is 0 Å². The first-order chi connectivity index (χ1) is 15.8. The van der Waals surface area contributed by atoms with Crippen LogP contribution in [0, 0.1) is 5.92 Å². The number of amides is 1. The van der Waals surface area contributed by atoms with E-state index < -0.39 is 0 Å². The highest BCUT2D eigenvalue weighted by atomic mass is 35.5. The van der Waals surface area contributed by atoms with Gasteiger partial charge in [-0.2, -0.15) is 4.98 Å². The first-order valence-electron chi connectivity index (χ1n) is 10.8. The van der Waals surface area contributed by atoms with Crippen LogP contribution in [0.15, 0.2) is 58.5 Å². The summed E-state index contributed by atoms with van der Waals surface area (Å²) in [7, 11) is 1.82. The lowest BCUT2D eigenvalue weighted by Gasteiger charge is -2.27. The molecule has 0 saturated carbocycles. The number of rotatable bonds is 7. The first kappa shape index (κ1) is 23.4. The van der Waals surface area contributed by atoms with Crippen LogP contribution >= 0.6 is 23.4 Å². The molecular weight excluding hydrogens is 458 g/mol. The molecule has 1 N–H and O–H groups in total. The van der Waals surface area contributed by atoms with Crippen LogP contribution < -0.4 is 15.6 Å². The Bertz CT molecular complexity index is 1210. The molecule has 0 radical (unpaired) electrons. The summed E-state index contributed by atoms with van der Waals surface area (Å²) in [5.74, 6) is 1.87. The lowest BCUT2D eigenvalue weighted by Crippen LogP contribution is -2.33. The van der Waals surface area contributed by atoms with Gasteiger partial charge in [0.15, 0.2) is 5.16 Å².